The molecule has 1 aromatic carbocycles. The van der Waals surface area contributed by atoms with E-state index in [1.165, 1.54) is 24.0 Å². The fourth-order valence-corrected chi connectivity index (χ4v) is 3.41. The van der Waals surface area contributed by atoms with Crippen molar-refractivity contribution in [3.05, 3.63) is 29.3 Å². The first-order chi connectivity index (χ1) is 11.1. The fourth-order valence-electron chi connectivity index (χ4n) is 3.41. The van der Waals surface area contributed by atoms with Crippen LogP contribution in [0.2, 0.25) is 0 Å². The second kappa shape index (κ2) is 8.92. The minimum Gasteiger partial charge on any atom is -0.493 e. The second-order valence-electron chi connectivity index (χ2n) is 6.66. The largest absolute Gasteiger partial charge is 0.493 e. The second-order valence-corrected chi connectivity index (χ2v) is 6.66. The third kappa shape index (κ3) is 5.87. The number of rotatable bonds is 8. The van der Waals surface area contributed by atoms with E-state index in [1.54, 1.807) is 0 Å². The SMILES string of the molecule is Cc1cccc(C)c1OCCCN1CCCC(CCC(=O)O)C1. The minimum atomic E-state index is -0.677. The fraction of sp³-hybridized carbons (Fsp3) is 0.632. The Balaban J connectivity index is 1.68. The van der Waals surface area contributed by atoms with Crippen LogP contribution in [0, 0.1) is 19.8 Å². The average Bonchev–Trinajstić information content (AvgIpc) is 2.52. The summed E-state index contributed by atoms with van der Waals surface area (Å²) < 4.78 is 5.96. The maximum absolute atomic E-state index is 10.7. The quantitative estimate of drug-likeness (QED) is 0.743. The van der Waals surface area contributed by atoms with Crippen LogP contribution in [0.1, 0.15) is 43.2 Å². The summed E-state index contributed by atoms with van der Waals surface area (Å²) in [4.78, 5) is 13.2. The molecule has 1 saturated heterocycles. The highest BCUT2D eigenvalue weighted by atomic mass is 16.5. The van der Waals surface area contributed by atoms with Crippen LogP contribution in [-0.2, 0) is 4.79 Å². The Hall–Kier alpha value is -1.55. The van der Waals surface area contributed by atoms with Crippen LogP contribution in [0.4, 0.5) is 0 Å². The Labute approximate surface area is 139 Å². The van der Waals surface area contributed by atoms with E-state index >= 15 is 0 Å². The molecule has 0 radical (unpaired) electrons. The maximum atomic E-state index is 10.7. The van der Waals surface area contributed by atoms with Crippen LogP contribution in [-0.4, -0.2) is 42.2 Å². The molecule has 0 aliphatic carbocycles. The number of benzene rings is 1. The number of carboxylic acid groups (broad SMARTS) is 1. The van der Waals surface area contributed by atoms with Crippen molar-refractivity contribution in [1.82, 2.24) is 4.90 Å². The van der Waals surface area contributed by atoms with Crippen LogP contribution in [0.25, 0.3) is 0 Å². The van der Waals surface area contributed by atoms with Gasteiger partial charge in [-0.1, -0.05) is 18.2 Å². The number of aliphatic carboxylic acids is 1. The van der Waals surface area contributed by atoms with Crippen molar-refractivity contribution in [3.8, 4) is 5.75 Å². The zero-order chi connectivity index (χ0) is 16.7. The van der Waals surface area contributed by atoms with Crippen molar-refractivity contribution in [2.45, 2.75) is 46.0 Å². The smallest absolute Gasteiger partial charge is 0.303 e. The normalized spacial score (nSPS) is 18.8. The lowest BCUT2D eigenvalue weighted by Crippen LogP contribution is -2.36. The van der Waals surface area contributed by atoms with E-state index in [2.05, 4.69) is 36.9 Å². The summed E-state index contributed by atoms with van der Waals surface area (Å²) in [7, 11) is 0. The molecular weight excluding hydrogens is 290 g/mol. The molecule has 0 saturated carbocycles. The van der Waals surface area contributed by atoms with Crippen molar-refractivity contribution in [2.75, 3.05) is 26.2 Å². The first-order valence-electron chi connectivity index (χ1n) is 8.69. The molecule has 1 heterocycles. The number of carboxylic acids is 1. The predicted molar refractivity (Wildman–Crippen MR) is 92.1 cm³/mol. The number of hydrogen-bond donors (Lipinski definition) is 1. The van der Waals surface area contributed by atoms with E-state index in [-0.39, 0.29) is 0 Å². The first kappa shape index (κ1) is 17.8. The van der Waals surface area contributed by atoms with Gasteiger partial charge in [0.15, 0.2) is 0 Å². The Morgan fingerprint density at radius 1 is 1.35 bits per heavy atom. The molecule has 1 aliphatic rings. The summed E-state index contributed by atoms with van der Waals surface area (Å²) in [6.45, 7) is 8.11. The molecule has 23 heavy (non-hydrogen) atoms. The van der Waals surface area contributed by atoms with Gasteiger partial charge in [0.2, 0.25) is 0 Å². The number of aryl methyl sites for hydroxylation is 2. The molecule has 1 unspecified atom stereocenters. The molecule has 1 aliphatic heterocycles. The first-order valence-corrected chi connectivity index (χ1v) is 8.69. The predicted octanol–water partition coefficient (Wildman–Crippen LogP) is 3.65. The molecule has 0 bridgehead atoms. The van der Waals surface area contributed by atoms with Gasteiger partial charge in [-0.15, -0.1) is 0 Å². The molecule has 4 nitrogen and oxygen atoms in total. The number of likely N-dealkylation sites (tertiary alicyclic amines) is 1. The molecule has 0 aromatic heterocycles. The molecule has 128 valence electrons. The zero-order valence-electron chi connectivity index (χ0n) is 14.4. The summed E-state index contributed by atoms with van der Waals surface area (Å²) in [5, 5.41) is 8.81. The van der Waals surface area contributed by atoms with Crippen LogP contribution < -0.4 is 4.74 Å². The summed E-state index contributed by atoms with van der Waals surface area (Å²) in [5.74, 6) is 0.883. The molecule has 0 amide bonds. The molecular formula is C19H29NO3. The van der Waals surface area contributed by atoms with Gasteiger partial charge in [-0.05, 0) is 63.1 Å². The number of hydrogen-bond acceptors (Lipinski definition) is 3. The lowest BCUT2D eigenvalue weighted by Gasteiger charge is -2.32. The monoisotopic (exact) mass is 319 g/mol. The van der Waals surface area contributed by atoms with E-state index in [1.807, 2.05) is 0 Å². The van der Waals surface area contributed by atoms with Gasteiger partial charge in [0.25, 0.3) is 0 Å². The van der Waals surface area contributed by atoms with Gasteiger partial charge in [0.1, 0.15) is 5.75 Å². The van der Waals surface area contributed by atoms with Crippen LogP contribution in [0.15, 0.2) is 18.2 Å². The van der Waals surface area contributed by atoms with Crippen molar-refractivity contribution in [3.63, 3.8) is 0 Å². The lowest BCUT2D eigenvalue weighted by atomic mass is 9.93. The molecule has 1 N–H and O–H groups in total. The maximum Gasteiger partial charge on any atom is 0.303 e. The van der Waals surface area contributed by atoms with Crippen molar-refractivity contribution in [1.29, 1.82) is 0 Å². The lowest BCUT2D eigenvalue weighted by molar-refractivity contribution is -0.137. The molecule has 1 fully saturated rings. The Kier molecular flexibility index (Phi) is 6.90. The van der Waals surface area contributed by atoms with Gasteiger partial charge in [0, 0.05) is 19.5 Å². The minimum absolute atomic E-state index is 0.300. The van der Waals surface area contributed by atoms with Crippen molar-refractivity contribution in [2.24, 2.45) is 5.92 Å². The summed E-state index contributed by atoms with van der Waals surface area (Å²) in [5.41, 5.74) is 2.38. The van der Waals surface area contributed by atoms with E-state index in [4.69, 9.17) is 9.84 Å². The van der Waals surface area contributed by atoms with E-state index in [0.29, 0.717) is 12.3 Å². The number of carbonyl (C=O) groups is 1. The highest BCUT2D eigenvalue weighted by molar-refractivity contribution is 5.66. The highest BCUT2D eigenvalue weighted by Crippen LogP contribution is 2.23. The van der Waals surface area contributed by atoms with Crippen molar-refractivity contribution < 1.29 is 14.6 Å². The van der Waals surface area contributed by atoms with E-state index < -0.39 is 5.97 Å². The molecule has 1 aromatic rings. The third-order valence-electron chi connectivity index (χ3n) is 4.64. The van der Waals surface area contributed by atoms with Gasteiger partial charge >= 0.3 is 5.97 Å². The Morgan fingerprint density at radius 2 is 2.09 bits per heavy atom. The topological polar surface area (TPSA) is 49.8 Å². The number of para-hydroxylation sites is 1. The standard InChI is InChI=1S/C19H29NO3/c1-15-6-3-7-16(2)19(15)23-13-5-12-20-11-4-8-17(14-20)9-10-18(21)22/h3,6-7,17H,4-5,8-14H2,1-2H3,(H,21,22). The van der Waals surface area contributed by atoms with Gasteiger partial charge in [0.05, 0.1) is 6.61 Å². The van der Waals surface area contributed by atoms with Crippen LogP contribution in [0.5, 0.6) is 5.75 Å². The zero-order valence-corrected chi connectivity index (χ0v) is 14.4. The highest BCUT2D eigenvalue weighted by Gasteiger charge is 2.20. The molecule has 0 spiro atoms. The Morgan fingerprint density at radius 3 is 2.78 bits per heavy atom. The summed E-state index contributed by atoms with van der Waals surface area (Å²) in [6.07, 6.45) is 4.48. The molecule has 1 atom stereocenters. The average molecular weight is 319 g/mol. The molecule has 2 rings (SSSR count). The van der Waals surface area contributed by atoms with Gasteiger partial charge < -0.3 is 14.7 Å². The van der Waals surface area contributed by atoms with Crippen molar-refractivity contribution >= 4 is 5.97 Å². The van der Waals surface area contributed by atoms with E-state index in [0.717, 1.165) is 44.8 Å². The van der Waals surface area contributed by atoms with Crippen LogP contribution >= 0.6 is 0 Å². The van der Waals surface area contributed by atoms with Crippen LogP contribution in [0.3, 0.4) is 0 Å². The number of ether oxygens (including phenoxy) is 1. The summed E-state index contributed by atoms with van der Waals surface area (Å²) >= 11 is 0. The summed E-state index contributed by atoms with van der Waals surface area (Å²) in [6, 6.07) is 6.22. The number of nitrogens with zero attached hydrogens (tertiary/aromatic N) is 1. The third-order valence-corrected chi connectivity index (χ3v) is 4.64. The van der Waals surface area contributed by atoms with Gasteiger partial charge in [-0.3, -0.25) is 4.79 Å². The van der Waals surface area contributed by atoms with Gasteiger partial charge in [-0.2, -0.15) is 0 Å². The Bertz CT molecular complexity index is 495. The van der Waals surface area contributed by atoms with E-state index in [9.17, 15) is 4.79 Å². The molecule has 4 heteroatoms. The number of piperidine rings is 1. The van der Waals surface area contributed by atoms with Gasteiger partial charge in [-0.25, -0.2) is 0 Å².